The van der Waals surface area contributed by atoms with Crippen LogP contribution in [0.2, 0.25) is 0 Å². The molecule has 122 valence electrons. The van der Waals surface area contributed by atoms with Gasteiger partial charge in [0.05, 0.1) is 28.7 Å². The number of pyridine rings is 1. The van der Waals surface area contributed by atoms with Crippen LogP contribution in [-0.2, 0) is 9.31 Å². The van der Waals surface area contributed by atoms with E-state index in [1.807, 2.05) is 27.7 Å². The summed E-state index contributed by atoms with van der Waals surface area (Å²) in [5.41, 5.74) is -0.267. The van der Waals surface area contributed by atoms with E-state index in [0.29, 0.717) is 0 Å². The van der Waals surface area contributed by atoms with Gasteiger partial charge in [-0.1, -0.05) is 6.07 Å². The van der Waals surface area contributed by atoms with Crippen molar-refractivity contribution in [1.29, 1.82) is 0 Å². The monoisotopic (exact) mass is 327 g/mol. The van der Waals surface area contributed by atoms with Gasteiger partial charge < -0.3 is 13.9 Å². The summed E-state index contributed by atoms with van der Waals surface area (Å²) in [6.45, 7) is 7.91. The van der Waals surface area contributed by atoms with E-state index < -0.39 is 28.9 Å². The first-order valence-electron chi connectivity index (χ1n) is 7.32. The smallest absolute Gasteiger partial charge is 0.399 e. The van der Waals surface area contributed by atoms with Crippen LogP contribution in [-0.4, -0.2) is 43.5 Å². The van der Waals surface area contributed by atoms with E-state index in [1.54, 1.807) is 16.8 Å². The topological polar surface area (TPSA) is 80.9 Å². The van der Waals surface area contributed by atoms with Gasteiger partial charge in [0.25, 0.3) is 5.56 Å². The second-order valence-electron chi connectivity index (χ2n) is 7.09. The van der Waals surface area contributed by atoms with Crippen LogP contribution >= 0.6 is 10.6 Å². The first-order chi connectivity index (χ1) is 10.0. The molecule has 0 amide bonds. The maximum atomic E-state index is 12.0. The van der Waals surface area contributed by atoms with E-state index in [-0.39, 0.29) is 23.1 Å². The highest BCUT2D eigenvalue weighted by Crippen LogP contribution is 2.53. The largest absolute Gasteiger partial charge is 0.496 e. The van der Waals surface area contributed by atoms with Gasteiger partial charge in [-0.25, -0.2) is 0 Å². The van der Waals surface area contributed by atoms with Crippen molar-refractivity contribution in [2.45, 2.75) is 44.9 Å². The SMILES string of the molecule is CC1(C)OB(c2ccc(=O)n(C3CS(O)(O)C3)c2)OC1(C)C. The van der Waals surface area contributed by atoms with Crippen LogP contribution < -0.4 is 11.0 Å². The molecule has 3 heterocycles. The Kier molecular flexibility index (Phi) is 3.54. The number of nitrogens with zero attached hydrogens (tertiary/aromatic N) is 1. The van der Waals surface area contributed by atoms with Crippen molar-refractivity contribution < 1.29 is 18.4 Å². The average Bonchev–Trinajstić information content (AvgIpc) is 2.56. The lowest BCUT2D eigenvalue weighted by Gasteiger charge is -2.47. The average molecular weight is 327 g/mol. The van der Waals surface area contributed by atoms with E-state index in [4.69, 9.17) is 9.31 Å². The molecule has 2 N–H and O–H groups in total. The molecular formula is C14H22BNO5S. The van der Waals surface area contributed by atoms with E-state index in [2.05, 4.69) is 0 Å². The van der Waals surface area contributed by atoms with Gasteiger partial charge in [-0.15, -0.1) is 0 Å². The molecule has 0 saturated carbocycles. The summed E-state index contributed by atoms with van der Waals surface area (Å²) in [5.74, 6) is 0.472. The van der Waals surface area contributed by atoms with E-state index in [9.17, 15) is 13.9 Å². The van der Waals surface area contributed by atoms with Gasteiger partial charge in [-0.3, -0.25) is 13.9 Å². The highest BCUT2D eigenvalue weighted by molar-refractivity contribution is 8.25. The van der Waals surface area contributed by atoms with Gasteiger partial charge in [0.1, 0.15) is 0 Å². The van der Waals surface area contributed by atoms with Crippen LogP contribution in [0.5, 0.6) is 0 Å². The number of rotatable bonds is 2. The van der Waals surface area contributed by atoms with Crippen LogP contribution in [0.3, 0.4) is 0 Å². The zero-order valence-electron chi connectivity index (χ0n) is 13.3. The summed E-state index contributed by atoms with van der Waals surface area (Å²) in [6.07, 6.45) is 1.71. The molecule has 2 saturated heterocycles. The Labute approximate surface area is 131 Å². The predicted molar refractivity (Wildman–Crippen MR) is 88.0 cm³/mol. The zero-order chi connectivity index (χ0) is 16.3. The van der Waals surface area contributed by atoms with Crippen molar-refractivity contribution in [3.63, 3.8) is 0 Å². The molecule has 2 aliphatic heterocycles. The Bertz CT molecular complexity index is 633. The molecule has 1 aromatic heterocycles. The lowest BCUT2D eigenvalue weighted by atomic mass is 9.80. The van der Waals surface area contributed by atoms with Crippen molar-refractivity contribution in [2.75, 3.05) is 11.5 Å². The van der Waals surface area contributed by atoms with Crippen LogP contribution in [0.15, 0.2) is 23.1 Å². The molecule has 0 radical (unpaired) electrons. The minimum atomic E-state index is -2.49. The highest BCUT2D eigenvalue weighted by atomic mass is 32.3. The molecule has 0 atom stereocenters. The third kappa shape index (κ3) is 2.63. The Balaban J connectivity index is 1.87. The molecule has 0 aliphatic carbocycles. The van der Waals surface area contributed by atoms with Gasteiger partial charge in [-0.2, -0.15) is 10.6 Å². The lowest BCUT2D eigenvalue weighted by molar-refractivity contribution is 0.00578. The van der Waals surface area contributed by atoms with Crippen molar-refractivity contribution in [3.05, 3.63) is 28.7 Å². The standard InChI is InChI=1S/C14H22BNO5S/c1-13(2)14(3,4)21-15(20-13)10-5-6-12(17)16(7-10)11-8-22(18,19)9-11/h5-7,11,18-19H,8-9H2,1-4H3. The maximum Gasteiger partial charge on any atom is 0.496 e. The first kappa shape index (κ1) is 16.1. The molecule has 0 aromatic carbocycles. The van der Waals surface area contributed by atoms with Gasteiger partial charge in [0.15, 0.2) is 0 Å². The summed E-state index contributed by atoms with van der Waals surface area (Å²) < 4.78 is 32.6. The van der Waals surface area contributed by atoms with E-state index in [0.717, 1.165) is 5.46 Å². The molecule has 0 bridgehead atoms. The van der Waals surface area contributed by atoms with Crippen LogP contribution in [0, 0.1) is 0 Å². The summed E-state index contributed by atoms with van der Waals surface area (Å²) in [4.78, 5) is 12.0. The molecule has 0 unspecified atom stereocenters. The Morgan fingerprint density at radius 1 is 1.18 bits per heavy atom. The van der Waals surface area contributed by atoms with Crippen molar-refractivity contribution in [3.8, 4) is 0 Å². The fourth-order valence-corrected chi connectivity index (χ4v) is 4.11. The molecule has 0 spiro atoms. The molecule has 3 rings (SSSR count). The molecular weight excluding hydrogens is 305 g/mol. The van der Waals surface area contributed by atoms with E-state index in [1.165, 1.54) is 6.07 Å². The Hall–Kier alpha value is -0.795. The lowest BCUT2D eigenvalue weighted by Crippen LogP contribution is -2.43. The van der Waals surface area contributed by atoms with Crippen molar-refractivity contribution in [1.82, 2.24) is 4.57 Å². The molecule has 8 heteroatoms. The van der Waals surface area contributed by atoms with Gasteiger partial charge in [0.2, 0.25) is 0 Å². The molecule has 22 heavy (non-hydrogen) atoms. The van der Waals surface area contributed by atoms with E-state index >= 15 is 0 Å². The summed E-state index contributed by atoms with van der Waals surface area (Å²) >= 11 is 0. The molecule has 1 aromatic rings. The van der Waals surface area contributed by atoms with Gasteiger partial charge in [-0.05, 0) is 33.2 Å². The summed E-state index contributed by atoms with van der Waals surface area (Å²) in [6, 6.07) is 3.02. The number of hydrogen-bond donors (Lipinski definition) is 2. The summed E-state index contributed by atoms with van der Waals surface area (Å²) in [7, 11) is -3.02. The predicted octanol–water partition coefficient (Wildman–Crippen LogP) is 1.45. The van der Waals surface area contributed by atoms with Crippen molar-refractivity contribution >= 4 is 23.2 Å². The fourth-order valence-electron chi connectivity index (χ4n) is 2.65. The van der Waals surface area contributed by atoms with Gasteiger partial charge >= 0.3 is 7.12 Å². The second kappa shape index (κ2) is 4.85. The summed E-state index contributed by atoms with van der Waals surface area (Å²) in [5, 5.41) is 0. The molecule has 2 aliphatic rings. The van der Waals surface area contributed by atoms with Crippen LogP contribution in [0.1, 0.15) is 33.7 Å². The fraction of sp³-hybridized carbons (Fsp3) is 0.643. The normalized spacial score (nSPS) is 27.5. The van der Waals surface area contributed by atoms with Gasteiger partial charge in [0, 0.05) is 12.3 Å². The highest BCUT2D eigenvalue weighted by Gasteiger charge is 2.52. The first-order valence-corrected chi connectivity index (χ1v) is 9.21. The Morgan fingerprint density at radius 3 is 2.23 bits per heavy atom. The molecule has 2 fully saturated rings. The third-order valence-corrected chi connectivity index (χ3v) is 6.64. The number of aromatic nitrogens is 1. The van der Waals surface area contributed by atoms with Crippen molar-refractivity contribution in [2.24, 2.45) is 0 Å². The number of hydrogen-bond acceptors (Lipinski definition) is 5. The maximum absolute atomic E-state index is 12.0. The third-order valence-electron chi connectivity index (χ3n) is 4.80. The minimum Gasteiger partial charge on any atom is -0.399 e. The minimum absolute atomic E-state index is 0.153. The van der Waals surface area contributed by atoms with Crippen LogP contribution in [0.4, 0.5) is 0 Å². The molecule has 6 nitrogen and oxygen atoms in total. The Morgan fingerprint density at radius 2 is 1.73 bits per heavy atom. The van der Waals surface area contributed by atoms with Crippen LogP contribution in [0.25, 0.3) is 0 Å². The quantitative estimate of drug-likeness (QED) is 0.804. The zero-order valence-corrected chi connectivity index (χ0v) is 14.1. The second-order valence-corrected chi connectivity index (χ2v) is 9.36.